The molecule has 1 unspecified atom stereocenters. The van der Waals surface area contributed by atoms with E-state index in [1.165, 1.54) is 5.56 Å². The van der Waals surface area contributed by atoms with Gasteiger partial charge in [-0.25, -0.2) is 0 Å². The van der Waals surface area contributed by atoms with Crippen LogP contribution in [0.2, 0.25) is 0 Å². The van der Waals surface area contributed by atoms with E-state index < -0.39 is 0 Å². The summed E-state index contributed by atoms with van der Waals surface area (Å²) in [5, 5.41) is 0. The van der Waals surface area contributed by atoms with Crippen LogP contribution in [0.1, 0.15) is 5.56 Å². The van der Waals surface area contributed by atoms with Gasteiger partial charge in [-0.05, 0) is 27.0 Å². The minimum atomic E-state index is 0.454. The Kier molecular flexibility index (Phi) is 4.42. The molecule has 0 aromatic heterocycles. The molecule has 0 spiro atoms. The van der Waals surface area contributed by atoms with E-state index in [9.17, 15) is 0 Å². The molecular weight excluding hydrogens is 191 g/mol. The number of rotatable bonds is 4. The molecule has 0 aliphatic heterocycles. The van der Waals surface area contributed by atoms with Crippen LogP contribution in [-0.2, 0) is 0 Å². The Balaban J connectivity index is 2.37. The first-order valence-corrected chi connectivity index (χ1v) is 6.08. The summed E-state index contributed by atoms with van der Waals surface area (Å²) >= 11 is 5.54. The Hall–Kier alpha value is -0.260. The molecule has 1 aromatic rings. The molecule has 0 bridgehead atoms. The third-order valence-corrected chi connectivity index (χ3v) is 2.45. The van der Waals surface area contributed by atoms with Gasteiger partial charge in [0.25, 0.3) is 0 Å². The summed E-state index contributed by atoms with van der Waals surface area (Å²) < 4.78 is 5.42. The predicted octanol–water partition coefficient (Wildman–Crippen LogP) is 3.21. The quantitative estimate of drug-likeness (QED) is 0.538. The lowest BCUT2D eigenvalue weighted by Gasteiger charge is -2.04. The minimum Gasteiger partial charge on any atom is -0.493 e. The van der Waals surface area contributed by atoms with Crippen LogP contribution in [0.4, 0.5) is 0 Å². The fourth-order valence-electron chi connectivity index (χ4n) is 0.842. The van der Waals surface area contributed by atoms with Crippen molar-refractivity contribution >= 4 is 19.2 Å². The molecule has 0 aliphatic carbocycles. The molecule has 1 rings (SSSR count). The molecule has 66 valence electrons. The molecule has 0 N–H and O–H groups in total. The average Bonchev–Trinajstić information content (AvgIpc) is 2.09. The molecule has 0 saturated carbocycles. The van der Waals surface area contributed by atoms with Gasteiger partial charge in [0, 0.05) is 6.16 Å². The van der Waals surface area contributed by atoms with Crippen molar-refractivity contribution in [2.75, 3.05) is 12.8 Å². The number of ether oxygens (including phenoxy) is 1. The van der Waals surface area contributed by atoms with Crippen molar-refractivity contribution in [1.29, 1.82) is 0 Å². The maximum atomic E-state index is 5.54. The average molecular weight is 203 g/mol. The van der Waals surface area contributed by atoms with Crippen LogP contribution in [-0.4, -0.2) is 12.8 Å². The zero-order chi connectivity index (χ0) is 8.81. The maximum Gasteiger partial charge on any atom is 0.119 e. The van der Waals surface area contributed by atoms with Crippen molar-refractivity contribution < 1.29 is 4.74 Å². The summed E-state index contributed by atoms with van der Waals surface area (Å²) in [6.07, 6.45) is 0.926. The second-order valence-corrected chi connectivity index (χ2v) is 4.11. The zero-order valence-electron chi connectivity index (χ0n) is 7.01. The Morgan fingerprint density at radius 2 is 2.00 bits per heavy atom. The maximum absolute atomic E-state index is 5.54. The first-order chi connectivity index (χ1) is 5.83. The molecule has 0 radical (unpaired) electrons. The molecule has 0 saturated heterocycles. The van der Waals surface area contributed by atoms with E-state index in [0.717, 1.165) is 11.9 Å². The van der Waals surface area contributed by atoms with Crippen molar-refractivity contribution in [2.24, 2.45) is 0 Å². The molecule has 0 heterocycles. The summed E-state index contributed by atoms with van der Waals surface area (Å²) in [6, 6.07) is 8.04. The lowest BCUT2D eigenvalue weighted by molar-refractivity contribution is 0.343. The van der Waals surface area contributed by atoms with Gasteiger partial charge in [0.1, 0.15) is 5.75 Å². The second-order valence-electron chi connectivity index (χ2n) is 2.55. The van der Waals surface area contributed by atoms with Gasteiger partial charge in [0.05, 0.1) is 6.61 Å². The van der Waals surface area contributed by atoms with Gasteiger partial charge in [-0.2, -0.15) is 0 Å². The summed E-state index contributed by atoms with van der Waals surface area (Å²) in [4.78, 5) is 0. The SMILES string of the molecule is Cc1ccc(OCCPCl)cc1. The molecule has 3 heteroatoms. The van der Waals surface area contributed by atoms with E-state index in [0.29, 0.717) is 14.5 Å². The molecule has 0 amide bonds. The predicted molar refractivity (Wildman–Crippen MR) is 55.7 cm³/mol. The van der Waals surface area contributed by atoms with Crippen molar-refractivity contribution in [2.45, 2.75) is 6.92 Å². The highest BCUT2D eigenvalue weighted by molar-refractivity contribution is 7.68. The highest BCUT2D eigenvalue weighted by Gasteiger charge is 1.91. The van der Waals surface area contributed by atoms with Crippen LogP contribution in [0.15, 0.2) is 24.3 Å². The van der Waals surface area contributed by atoms with Gasteiger partial charge in [0.15, 0.2) is 0 Å². The third-order valence-electron chi connectivity index (χ3n) is 1.49. The van der Waals surface area contributed by atoms with E-state index in [4.69, 9.17) is 16.0 Å². The van der Waals surface area contributed by atoms with Crippen LogP contribution < -0.4 is 4.74 Å². The third kappa shape index (κ3) is 3.42. The minimum absolute atomic E-state index is 0.454. The van der Waals surface area contributed by atoms with Gasteiger partial charge in [-0.1, -0.05) is 28.9 Å². The number of hydrogen-bond acceptors (Lipinski definition) is 1. The summed E-state index contributed by atoms with van der Waals surface area (Å²) in [7, 11) is 0.454. The van der Waals surface area contributed by atoms with Crippen molar-refractivity contribution in [3.63, 3.8) is 0 Å². The molecule has 12 heavy (non-hydrogen) atoms. The van der Waals surface area contributed by atoms with Gasteiger partial charge in [-0.15, -0.1) is 0 Å². The van der Waals surface area contributed by atoms with Crippen molar-refractivity contribution in [3.8, 4) is 5.75 Å². The van der Waals surface area contributed by atoms with E-state index in [2.05, 4.69) is 6.92 Å². The lowest BCUT2D eigenvalue weighted by atomic mass is 10.2. The van der Waals surface area contributed by atoms with Crippen LogP contribution >= 0.6 is 19.2 Å². The smallest absolute Gasteiger partial charge is 0.119 e. The van der Waals surface area contributed by atoms with Crippen molar-refractivity contribution in [3.05, 3.63) is 29.8 Å². The first-order valence-electron chi connectivity index (χ1n) is 3.86. The van der Waals surface area contributed by atoms with Gasteiger partial charge < -0.3 is 4.74 Å². The van der Waals surface area contributed by atoms with E-state index in [-0.39, 0.29) is 0 Å². The molecule has 1 aromatic carbocycles. The Morgan fingerprint density at radius 3 is 2.58 bits per heavy atom. The van der Waals surface area contributed by atoms with Crippen LogP contribution in [0.3, 0.4) is 0 Å². The number of aryl methyl sites for hydroxylation is 1. The van der Waals surface area contributed by atoms with Gasteiger partial charge >= 0.3 is 0 Å². The van der Waals surface area contributed by atoms with Crippen molar-refractivity contribution in [1.82, 2.24) is 0 Å². The van der Waals surface area contributed by atoms with Gasteiger partial charge in [-0.3, -0.25) is 0 Å². The molecule has 1 atom stereocenters. The summed E-state index contributed by atoms with van der Waals surface area (Å²) in [5.41, 5.74) is 1.25. The fourth-order valence-corrected chi connectivity index (χ4v) is 1.25. The standard InChI is InChI=1S/C9H12ClOP/c1-8-2-4-9(5-3-8)11-6-7-12-10/h2-5,12H,6-7H2,1H3. The van der Waals surface area contributed by atoms with Gasteiger partial charge in [0.2, 0.25) is 0 Å². The van der Waals surface area contributed by atoms with Crippen LogP contribution in [0.25, 0.3) is 0 Å². The van der Waals surface area contributed by atoms with Crippen LogP contribution in [0, 0.1) is 6.92 Å². The zero-order valence-corrected chi connectivity index (χ0v) is 8.77. The van der Waals surface area contributed by atoms with E-state index in [1.807, 2.05) is 24.3 Å². The topological polar surface area (TPSA) is 9.23 Å². The number of halogens is 1. The van der Waals surface area contributed by atoms with E-state index >= 15 is 0 Å². The summed E-state index contributed by atoms with van der Waals surface area (Å²) in [5.74, 6) is 0.926. The first kappa shape index (κ1) is 9.83. The Bertz CT molecular complexity index is 222. The highest BCUT2D eigenvalue weighted by Crippen LogP contribution is 2.16. The Morgan fingerprint density at radius 1 is 1.33 bits per heavy atom. The molecule has 0 aliphatic rings. The lowest BCUT2D eigenvalue weighted by Crippen LogP contribution is -1.97. The molecule has 1 nitrogen and oxygen atoms in total. The largest absolute Gasteiger partial charge is 0.493 e. The monoisotopic (exact) mass is 202 g/mol. The Labute approximate surface area is 79.7 Å². The summed E-state index contributed by atoms with van der Waals surface area (Å²) in [6.45, 7) is 2.77. The van der Waals surface area contributed by atoms with E-state index in [1.54, 1.807) is 0 Å². The number of benzene rings is 1. The normalized spacial score (nSPS) is 10.8. The number of hydrogen-bond donors (Lipinski definition) is 0. The second kappa shape index (κ2) is 5.40. The van der Waals surface area contributed by atoms with Crippen LogP contribution in [0.5, 0.6) is 5.75 Å². The fraction of sp³-hybridized carbons (Fsp3) is 0.333. The molecule has 0 fully saturated rings. The highest BCUT2D eigenvalue weighted by atomic mass is 35.7. The molecular formula is C9H12ClOP.